The molecule has 150 valence electrons. The van der Waals surface area contributed by atoms with E-state index in [0.29, 0.717) is 10.9 Å². The molecule has 0 saturated carbocycles. The molecule has 0 bridgehead atoms. The molecule has 1 heterocycles. The van der Waals surface area contributed by atoms with Gasteiger partial charge in [0.25, 0.3) is 5.56 Å². The molecular formula is C20H25N3O4S. The smallest absolute Gasteiger partial charge is 0.311 e. The van der Waals surface area contributed by atoms with Crippen LogP contribution in [0, 0.1) is 0 Å². The molecular weight excluding hydrogens is 378 g/mol. The van der Waals surface area contributed by atoms with E-state index >= 15 is 0 Å². The molecule has 0 aliphatic carbocycles. The zero-order valence-electron chi connectivity index (χ0n) is 16.2. The van der Waals surface area contributed by atoms with Crippen molar-refractivity contribution in [2.24, 2.45) is 0 Å². The quantitative estimate of drug-likeness (QED) is 0.378. The number of esters is 1. The minimum Gasteiger partial charge on any atom is -0.469 e. The summed E-state index contributed by atoms with van der Waals surface area (Å²) in [5, 5.41) is 2.84. The van der Waals surface area contributed by atoms with Crippen LogP contribution in [-0.2, 0) is 27.2 Å². The number of nitrogens with one attached hydrogen (secondary N) is 2. The summed E-state index contributed by atoms with van der Waals surface area (Å²) < 4.78 is 4.59. The minimum atomic E-state index is -0.480. The van der Waals surface area contributed by atoms with Gasteiger partial charge >= 0.3 is 5.97 Å². The summed E-state index contributed by atoms with van der Waals surface area (Å²) in [5.74, 6) is -0.612. The number of thioether (sulfide) groups is 1. The molecule has 0 radical (unpaired) electrons. The number of methoxy groups -OCH3 is 1. The Labute approximate surface area is 168 Å². The Morgan fingerprint density at radius 1 is 1.25 bits per heavy atom. The molecule has 2 N–H and O–H groups in total. The van der Waals surface area contributed by atoms with Gasteiger partial charge in [-0.05, 0) is 32.3 Å². The van der Waals surface area contributed by atoms with E-state index in [9.17, 15) is 14.4 Å². The van der Waals surface area contributed by atoms with Crippen molar-refractivity contribution in [1.82, 2.24) is 15.3 Å². The van der Waals surface area contributed by atoms with Crippen LogP contribution in [-0.4, -0.2) is 40.2 Å². The first-order valence-corrected chi connectivity index (χ1v) is 9.93. The number of ether oxygens (including phenoxy) is 1. The van der Waals surface area contributed by atoms with Crippen molar-refractivity contribution in [2.75, 3.05) is 7.11 Å². The number of amides is 1. The molecule has 1 amide bonds. The van der Waals surface area contributed by atoms with Crippen molar-refractivity contribution in [2.45, 2.75) is 49.6 Å². The van der Waals surface area contributed by atoms with E-state index in [0.717, 1.165) is 24.6 Å². The molecule has 0 spiro atoms. The molecule has 2 aromatic rings. The van der Waals surface area contributed by atoms with Crippen molar-refractivity contribution in [3.63, 3.8) is 0 Å². The number of benzene rings is 1. The second-order valence-electron chi connectivity index (χ2n) is 6.49. The molecule has 1 aromatic heterocycles. The number of aryl methyl sites for hydroxylation is 1. The van der Waals surface area contributed by atoms with Crippen LogP contribution in [0.4, 0.5) is 0 Å². The van der Waals surface area contributed by atoms with Crippen LogP contribution in [0.15, 0.2) is 46.3 Å². The lowest BCUT2D eigenvalue weighted by Gasteiger charge is -2.17. The lowest BCUT2D eigenvalue weighted by atomic mass is 10.1. The second-order valence-corrected chi connectivity index (χ2v) is 7.82. The van der Waals surface area contributed by atoms with Gasteiger partial charge in [0.05, 0.1) is 24.5 Å². The van der Waals surface area contributed by atoms with Crippen molar-refractivity contribution >= 4 is 23.6 Å². The first-order chi connectivity index (χ1) is 13.4. The maximum atomic E-state index is 12.4. The highest BCUT2D eigenvalue weighted by Crippen LogP contribution is 2.19. The standard InChI is InChI=1S/C20H25N3O4S/c1-13(9-10-15-7-5-4-6-8-15)21-19(26)14(2)28-20-22-16(11-17(24)23-20)12-18(25)27-3/h4-8,11,13-14H,9-10,12H2,1-3H3,(H,21,26)(H,22,23,24)/t13-,14+/m0/s1. The highest BCUT2D eigenvalue weighted by atomic mass is 32.2. The van der Waals surface area contributed by atoms with Crippen LogP contribution >= 0.6 is 11.8 Å². The van der Waals surface area contributed by atoms with Crippen molar-refractivity contribution in [3.8, 4) is 0 Å². The van der Waals surface area contributed by atoms with E-state index in [2.05, 4.69) is 32.2 Å². The molecule has 28 heavy (non-hydrogen) atoms. The Hall–Kier alpha value is -2.61. The molecule has 2 rings (SSSR count). The van der Waals surface area contributed by atoms with E-state index < -0.39 is 11.2 Å². The monoisotopic (exact) mass is 403 g/mol. The molecule has 7 nitrogen and oxygen atoms in total. The topological polar surface area (TPSA) is 101 Å². The number of carbonyl (C=O) groups is 2. The van der Waals surface area contributed by atoms with Crippen molar-refractivity contribution in [1.29, 1.82) is 0 Å². The fraction of sp³-hybridized carbons (Fsp3) is 0.400. The number of nitrogens with zero attached hydrogens (tertiary/aromatic N) is 1. The molecule has 0 aliphatic heterocycles. The minimum absolute atomic E-state index is 0.0217. The fourth-order valence-corrected chi connectivity index (χ4v) is 3.37. The van der Waals surface area contributed by atoms with Gasteiger partial charge in [0.2, 0.25) is 5.91 Å². The lowest BCUT2D eigenvalue weighted by Crippen LogP contribution is -2.38. The summed E-state index contributed by atoms with van der Waals surface area (Å²) >= 11 is 1.14. The van der Waals surface area contributed by atoms with Crippen LogP contribution in [0.25, 0.3) is 0 Å². The summed E-state index contributed by atoms with van der Waals surface area (Å²) in [4.78, 5) is 42.4. The number of aromatic amines is 1. The fourth-order valence-electron chi connectivity index (χ4n) is 2.53. The summed E-state index contributed by atoms with van der Waals surface area (Å²) in [5.41, 5.74) is 1.16. The largest absolute Gasteiger partial charge is 0.469 e. The summed E-state index contributed by atoms with van der Waals surface area (Å²) in [6.07, 6.45) is 1.62. The van der Waals surface area contributed by atoms with Gasteiger partial charge in [-0.2, -0.15) is 0 Å². The normalized spacial score (nSPS) is 12.8. The van der Waals surface area contributed by atoms with Crippen LogP contribution in [0.2, 0.25) is 0 Å². The van der Waals surface area contributed by atoms with Crippen molar-refractivity contribution in [3.05, 3.63) is 58.0 Å². The van der Waals surface area contributed by atoms with Gasteiger partial charge < -0.3 is 15.0 Å². The molecule has 0 saturated heterocycles. The number of hydrogen-bond acceptors (Lipinski definition) is 6. The maximum absolute atomic E-state index is 12.4. The van der Waals surface area contributed by atoms with E-state index in [1.807, 2.05) is 25.1 Å². The Morgan fingerprint density at radius 2 is 1.96 bits per heavy atom. The van der Waals surface area contributed by atoms with E-state index in [1.165, 1.54) is 18.7 Å². The third-order valence-electron chi connectivity index (χ3n) is 4.08. The number of rotatable bonds is 9. The van der Waals surface area contributed by atoms with Crippen molar-refractivity contribution < 1.29 is 14.3 Å². The predicted octanol–water partition coefficient (Wildman–Crippen LogP) is 2.10. The van der Waals surface area contributed by atoms with E-state index in [1.54, 1.807) is 6.92 Å². The summed E-state index contributed by atoms with van der Waals surface area (Å²) in [6.45, 7) is 3.71. The lowest BCUT2D eigenvalue weighted by molar-refractivity contribution is -0.139. The molecule has 8 heteroatoms. The van der Waals surface area contributed by atoms with Crippen LogP contribution in [0.5, 0.6) is 0 Å². The average Bonchev–Trinajstić information content (AvgIpc) is 2.66. The predicted molar refractivity (Wildman–Crippen MR) is 108 cm³/mol. The molecule has 0 aliphatic rings. The van der Waals surface area contributed by atoms with Gasteiger partial charge in [-0.15, -0.1) is 0 Å². The van der Waals surface area contributed by atoms with E-state index in [4.69, 9.17) is 0 Å². The number of H-pyrrole nitrogens is 1. The molecule has 2 atom stereocenters. The second kappa shape index (κ2) is 10.7. The highest BCUT2D eigenvalue weighted by Gasteiger charge is 2.18. The first kappa shape index (κ1) is 21.7. The Morgan fingerprint density at radius 3 is 2.64 bits per heavy atom. The van der Waals surface area contributed by atoms with Gasteiger partial charge in [-0.3, -0.25) is 14.4 Å². The molecule has 0 unspecified atom stereocenters. The number of hydrogen-bond donors (Lipinski definition) is 2. The van der Waals surface area contributed by atoms with Gasteiger partial charge in [0.1, 0.15) is 0 Å². The van der Waals surface area contributed by atoms with Gasteiger partial charge in [-0.1, -0.05) is 42.1 Å². The summed E-state index contributed by atoms with van der Waals surface area (Å²) in [7, 11) is 1.27. The first-order valence-electron chi connectivity index (χ1n) is 9.05. The third kappa shape index (κ3) is 7.19. The van der Waals surface area contributed by atoms with Gasteiger partial charge in [0.15, 0.2) is 5.16 Å². The van der Waals surface area contributed by atoms with Gasteiger partial charge in [-0.25, -0.2) is 4.98 Å². The van der Waals surface area contributed by atoms with Crippen LogP contribution < -0.4 is 10.9 Å². The Bertz CT molecular complexity index is 854. The number of aromatic nitrogens is 2. The average molecular weight is 404 g/mol. The highest BCUT2D eigenvalue weighted by molar-refractivity contribution is 8.00. The summed E-state index contributed by atoms with van der Waals surface area (Å²) in [6, 6.07) is 11.4. The SMILES string of the molecule is COC(=O)Cc1cc(=O)[nH]c(S[C@H](C)C(=O)N[C@@H](C)CCc2ccccc2)n1. The zero-order valence-corrected chi connectivity index (χ0v) is 17.0. The molecule has 1 aromatic carbocycles. The Balaban J connectivity index is 1.89. The zero-order chi connectivity index (χ0) is 20.5. The molecule has 0 fully saturated rings. The van der Waals surface area contributed by atoms with Crippen LogP contribution in [0.1, 0.15) is 31.5 Å². The maximum Gasteiger partial charge on any atom is 0.311 e. The van der Waals surface area contributed by atoms with Gasteiger partial charge in [0, 0.05) is 12.1 Å². The Kier molecular flexibility index (Phi) is 8.25. The van der Waals surface area contributed by atoms with E-state index in [-0.39, 0.29) is 23.9 Å². The number of carbonyl (C=O) groups excluding carboxylic acids is 2. The van der Waals surface area contributed by atoms with Crippen LogP contribution in [0.3, 0.4) is 0 Å². The third-order valence-corrected chi connectivity index (χ3v) is 5.07.